The maximum absolute atomic E-state index is 14.1. The van der Waals surface area contributed by atoms with Crippen molar-refractivity contribution in [2.24, 2.45) is 0 Å². The lowest BCUT2D eigenvalue weighted by Crippen LogP contribution is -2.38. The fourth-order valence-corrected chi connectivity index (χ4v) is 5.67. The molecule has 204 valence electrons. The highest BCUT2D eigenvalue weighted by Crippen LogP contribution is 2.37. The van der Waals surface area contributed by atoms with Crippen molar-refractivity contribution in [1.29, 1.82) is 0 Å². The van der Waals surface area contributed by atoms with Crippen LogP contribution in [0.25, 0.3) is 16.6 Å². The summed E-state index contributed by atoms with van der Waals surface area (Å²) in [7, 11) is 0. The van der Waals surface area contributed by atoms with Crippen molar-refractivity contribution in [1.82, 2.24) is 19.2 Å². The van der Waals surface area contributed by atoms with Gasteiger partial charge < -0.3 is 9.47 Å². The Morgan fingerprint density at radius 3 is 2.38 bits per heavy atom. The molecule has 0 unspecified atom stereocenters. The predicted molar refractivity (Wildman–Crippen MR) is 144 cm³/mol. The Hall–Kier alpha value is -4.40. The van der Waals surface area contributed by atoms with E-state index in [4.69, 9.17) is 0 Å². The Morgan fingerprint density at radius 2 is 1.65 bits per heavy atom. The molecule has 2 aromatic heterocycles. The maximum Gasteiger partial charge on any atom is 0.434 e. The molecule has 1 aliphatic heterocycles. The smallest absolute Gasteiger partial charge is 0.343 e. The normalized spacial score (nSPS) is 14.7. The van der Waals surface area contributed by atoms with Crippen LogP contribution in [0.4, 0.5) is 17.6 Å². The zero-order valence-corrected chi connectivity index (χ0v) is 21.5. The molecule has 3 aromatic carbocycles. The van der Waals surface area contributed by atoms with Gasteiger partial charge in [0.1, 0.15) is 5.82 Å². The topological polar surface area (TPSA) is 43.1 Å². The minimum atomic E-state index is -4.75. The van der Waals surface area contributed by atoms with Gasteiger partial charge in [-0.1, -0.05) is 48.5 Å². The van der Waals surface area contributed by atoms with Crippen molar-refractivity contribution < 1.29 is 22.4 Å². The average Bonchev–Trinajstić information content (AvgIpc) is 3.56. The molecule has 0 saturated carbocycles. The van der Waals surface area contributed by atoms with Crippen LogP contribution in [0.2, 0.25) is 0 Å². The summed E-state index contributed by atoms with van der Waals surface area (Å²) in [6.07, 6.45) is -0.408. The molecule has 0 atom stereocenters. The lowest BCUT2D eigenvalue weighted by atomic mass is 9.89. The highest BCUT2D eigenvalue weighted by atomic mass is 19.4. The summed E-state index contributed by atoms with van der Waals surface area (Å²) in [5.41, 5.74) is 1.74. The van der Waals surface area contributed by atoms with E-state index in [2.05, 4.69) is 21.9 Å². The molecule has 5 aromatic rings. The molecule has 0 radical (unpaired) electrons. The van der Waals surface area contributed by atoms with Crippen molar-refractivity contribution in [3.05, 3.63) is 119 Å². The zero-order chi connectivity index (χ0) is 27.9. The number of likely N-dealkylation sites (tertiary alicyclic amines) is 1. The Labute approximate surface area is 228 Å². The number of halogens is 4. The van der Waals surface area contributed by atoms with Gasteiger partial charge in [0.15, 0.2) is 5.69 Å². The molecule has 0 bridgehead atoms. The lowest BCUT2D eigenvalue weighted by Gasteiger charge is -2.32. The first-order chi connectivity index (χ1) is 19.3. The van der Waals surface area contributed by atoms with E-state index in [0.29, 0.717) is 32.5 Å². The molecular formula is C31H26F4N4O. The van der Waals surface area contributed by atoms with E-state index in [0.717, 1.165) is 32.9 Å². The first-order valence-electron chi connectivity index (χ1n) is 13.1. The Morgan fingerprint density at radius 1 is 0.925 bits per heavy atom. The van der Waals surface area contributed by atoms with E-state index >= 15 is 0 Å². The van der Waals surface area contributed by atoms with Crippen LogP contribution in [0.5, 0.6) is 0 Å². The number of hydrogen-bond donors (Lipinski definition) is 0. The largest absolute Gasteiger partial charge is 0.434 e. The second-order valence-electron chi connectivity index (χ2n) is 10.1. The molecule has 6 rings (SSSR count). The molecule has 5 nitrogen and oxygen atoms in total. The molecular weight excluding hydrogens is 520 g/mol. The summed E-state index contributed by atoms with van der Waals surface area (Å²) >= 11 is 0. The summed E-state index contributed by atoms with van der Waals surface area (Å²) in [5, 5.41) is 5.02. The Bertz CT molecular complexity index is 1660. The Balaban J connectivity index is 1.23. The Kier molecular flexibility index (Phi) is 6.65. The number of hydrogen-bond acceptors (Lipinski definition) is 2. The monoisotopic (exact) mass is 546 g/mol. The lowest BCUT2D eigenvalue weighted by molar-refractivity contribution is -0.143. The zero-order valence-electron chi connectivity index (χ0n) is 21.5. The first kappa shape index (κ1) is 25.9. The van der Waals surface area contributed by atoms with Gasteiger partial charge in [-0.15, -0.1) is 0 Å². The number of carbonyl (C=O) groups is 1. The fourth-order valence-electron chi connectivity index (χ4n) is 5.67. The molecule has 0 spiro atoms. The van der Waals surface area contributed by atoms with Crippen molar-refractivity contribution in [3.63, 3.8) is 0 Å². The van der Waals surface area contributed by atoms with Crippen molar-refractivity contribution in [2.45, 2.75) is 31.5 Å². The standard InChI is InChI=1S/C31H26F4N4O/c32-23-8-6-7-21(17-23)19-38-20-27(25-11-4-5-12-28(25)38)22-13-15-37(16-14-22)30(40)26-18-36-39(29(26)31(33,34)35)24-9-2-1-3-10-24/h1-12,17-18,20,22H,13-16,19H2. The highest BCUT2D eigenvalue weighted by molar-refractivity contribution is 5.95. The summed E-state index contributed by atoms with van der Waals surface area (Å²) < 4.78 is 59.0. The molecule has 3 heterocycles. The van der Waals surface area contributed by atoms with Gasteiger partial charge >= 0.3 is 6.18 Å². The van der Waals surface area contributed by atoms with E-state index in [-0.39, 0.29) is 17.4 Å². The average molecular weight is 547 g/mol. The highest BCUT2D eigenvalue weighted by Gasteiger charge is 2.42. The molecule has 9 heteroatoms. The van der Waals surface area contributed by atoms with Crippen molar-refractivity contribution in [3.8, 4) is 5.69 Å². The maximum atomic E-state index is 14.1. The van der Waals surface area contributed by atoms with Crippen LogP contribution in [0, 0.1) is 5.82 Å². The van der Waals surface area contributed by atoms with E-state index < -0.39 is 23.3 Å². The van der Waals surface area contributed by atoms with Gasteiger partial charge in [0, 0.05) is 36.7 Å². The number of rotatable bonds is 5. The van der Waals surface area contributed by atoms with E-state index in [1.54, 1.807) is 24.3 Å². The third kappa shape index (κ3) is 4.87. The quantitative estimate of drug-likeness (QED) is 0.222. The molecule has 1 aliphatic rings. The first-order valence-corrected chi connectivity index (χ1v) is 13.1. The van der Waals surface area contributed by atoms with E-state index in [9.17, 15) is 22.4 Å². The SMILES string of the molecule is O=C(c1cnn(-c2ccccc2)c1C(F)(F)F)N1CCC(c2cn(Cc3cccc(F)c3)c3ccccc23)CC1. The molecule has 1 fully saturated rings. The number of piperidine rings is 1. The van der Waals surface area contributed by atoms with Gasteiger partial charge in [-0.25, -0.2) is 9.07 Å². The number of nitrogens with zero attached hydrogens (tertiary/aromatic N) is 4. The van der Waals surface area contributed by atoms with Gasteiger partial charge in [0.25, 0.3) is 5.91 Å². The molecule has 1 amide bonds. The van der Waals surface area contributed by atoms with E-state index in [1.165, 1.54) is 29.2 Å². The molecule has 0 N–H and O–H groups in total. The predicted octanol–water partition coefficient (Wildman–Crippen LogP) is 7.05. The number of carbonyl (C=O) groups excluding carboxylic acids is 1. The minimum Gasteiger partial charge on any atom is -0.343 e. The van der Waals surface area contributed by atoms with Crippen LogP contribution in [-0.4, -0.2) is 38.2 Å². The second-order valence-corrected chi connectivity index (χ2v) is 10.1. The van der Waals surface area contributed by atoms with Crippen LogP contribution < -0.4 is 0 Å². The third-order valence-electron chi connectivity index (χ3n) is 7.55. The van der Waals surface area contributed by atoms with Gasteiger partial charge in [-0.3, -0.25) is 4.79 Å². The van der Waals surface area contributed by atoms with Gasteiger partial charge in [0.2, 0.25) is 0 Å². The van der Waals surface area contributed by atoms with Crippen LogP contribution in [0.15, 0.2) is 91.3 Å². The number of benzene rings is 3. The van der Waals surface area contributed by atoms with Crippen LogP contribution in [-0.2, 0) is 12.7 Å². The van der Waals surface area contributed by atoms with Crippen LogP contribution in [0.1, 0.15) is 45.9 Å². The summed E-state index contributed by atoms with van der Waals surface area (Å²) in [4.78, 5) is 14.8. The fraction of sp³-hybridized carbons (Fsp3) is 0.226. The number of amides is 1. The van der Waals surface area contributed by atoms with E-state index in [1.807, 2.05) is 24.3 Å². The number of aromatic nitrogens is 3. The van der Waals surface area contributed by atoms with Gasteiger partial charge in [-0.2, -0.15) is 18.3 Å². The number of alkyl halides is 3. The number of para-hydroxylation sites is 2. The van der Waals surface area contributed by atoms with Crippen LogP contribution >= 0.6 is 0 Å². The summed E-state index contributed by atoms with van der Waals surface area (Å²) in [5.74, 6) is -0.812. The molecule has 1 saturated heterocycles. The summed E-state index contributed by atoms with van der Waals surface area (Å²) in [6, 6.07) is 22.5. The number of fused-ring (bicyclic) bond motifs is 1. The van der Waals surface area contributed by atoms with Crippen molar-refractivity contribution in [2.75, 3.05) is 13.1 Å². The molecule has 40 heavy (non-hydrogen) atoms. The van der Waals surface area contributed by atoms with Gasteiger partial charge in [0.05, 0.1) is 17.4 Å². The third-order valence-corrected chi connectivity index (χ3v) is 7.55. The second kappa shape index (κ2) is 10.3. The minimum absolute atomic E-state index is 0.136. The van der Waals surface area contributed by atoms with Crippen LogP contribution in [0.3, 0.4) is 0 Å². The molecule has 0 aliphatic carbocycles. The van der Waals surface area contributed by atoms with Crippen molar-refractivity contribution >= 4 is 16.8 Å². The van der Waals surface area contributed by atoms with Gasteiger partial charge in [-0.05, 0) is 60.2 Å². The summed E-state index contributed by atoms with van der Waals surface area (Å²) in [6.45, 7) is 1.18.